The molecule has 5 heteroatoms. The first-order chi connectivity index (χ1) is 8.61. The Labute approximate surface area is 115 Å². The molecule has 0 radical (unpaired) electrons. The van der Waals surface area contributed by atoms with E-state index in [1.54, 1.807) is 24.4 Å². The van der Waals surface area contributed by atoms with Crippen molar-refractivity contribution < 1.29 is 4.74 Å². The van der Waals surface area contributed by atoms with Gasteiger partial charge in [0.1, 0.15) is 5.75 Å². The number of aromatic nitrogens is 1. The van der Waals surface area contributed by atoms with E-state index < -0.39 is 0 Å². The van der Waals surface area contributed by atoms with Gasteiger partial charge in [-0.1, -0.05) is 23.2 Å². The van der Waals surface area contributed by atoms with Gasteiger partial charge in [-0.05, 0) is 30.7 Å². The van der Waals surface area contributed by atoms with Crippen molar-refractivity contribution in [1.29, 1.82) is 0 Å². The molecule has 2 rings (SSSR count). The number of halogens is 2. The molecular weight excluding hydrogens is 271 g/mol. The first-order valence-corrected chi connectivity index (χ1v) is 6.15. The van der Waals surface area contributed by atoms with Crippen LogP contribution in [0.2, 0.25) is 10.0 Å². The van der Waals surface area contributed by atoms with Crippen LogP contribution in [0, 0.1) is 6.92 Å². The summed E-state index contributed by atoms with van der Waals surface area (Å²) in [5.41, 5.74) is 7.61. The molecule has 0 amide bonds. The molecule has 0 aliphatic heterocycles. The predicted octanol–water partition coefficient (Wildman–Crippen LogP) is 3.95. The van der Waals surface area contributed by atoms with Crippen molar-refractivity contribution in [2.45, 2.75) is 13.5 Å². The maximum atomic E-state index is 5.93. The summed E-state index contributed by atoms with van der Waals surface area (Å²) < 4.78 is 5.68. The van der Waals surface area contributed by atoms with Gasteiger partial charge >= 0.3 is 0 Å². The summed E-state index contributed by atoms with van der Waals surface area (Å²) in [4.78, 5) is 4.18. The number of aryl methyl sites for hydroxylation is 1. The highest BCUT2D eigenvalue weighted by Crippen LogP contribution is 2.30. The fraction of sp³-hybridized carbons (Fsp3) is 0.154. The van der Waals surface area contributed by atoms with Crippen LogP contribution in [0.5, 0.6) is 11.6 Å². The number of hydrogen-bond acceptors (Lipinski definition) is 3. The van der Waals surface area contributed by atoms with Gasteiger partial charge in [0.2, 0.25) is 5.88 Å². The molecule has 0 fully saturated rings. The SMILES string of the molecule is Cc1ccnc(Oc2ccc(Cl)c(Cl)c2)c1CN. The van der Waals surface area contributed by atoms with Crippen LogP contribution in [0.25, 0.3) is 0 Å². The molecule has 0 saturated heterocycles. The van der Waals surface area contributed by atoms with Crippen LogP contribution in [0.3, 0.4) is 0 Å². The molecule has 0 aliphatic carbocycles. The Morgan fingerprint density at radius 3 is 2.67 bits per heavy atom. The molecule has 0 unspecified atom stereocenters. The van der Waals surface area contributed by atoms with Gasteiger partial charge in [0, 0.05) is 24.4 Å². The zero-order valence-electron chi connectivity index (χ0n) is 9.78. The van der Waals surface area contributed by atoms with Crippen LogP contribution in [0.4, 0.5) is 0 Å². The second kappa shape index (κ2) is 5.57. The van der Waals surface area contributed by atoms with E-state index in [-0.39, 0.29) is 0 Å². The van der Waals surface area contributed by atoms with Crippen LogP contribution in [-0.2, 0) is 6.54 Å². The third-order valence-corrected chi connectivity index (χ3v) is 3.30. The Balaban J connectivity index is 2.34. The van der Waals surface area contributed by atoms with E-state index in [1.807, 2.05) is 13.0 Å². The molecule has 1 aromatic carbocycles. The van der Waals surface area contributed by atoms with Crippen LogP contribution in [0.15, 0.2) is 30.5 Å². The van der Waals surface area contributed by atoms with Gasteiger partial charge in [-0.25, -0.2) is 4.98 Å². The van der Waals surface area contributed by atoms with Gasteiger partial charge in [0.05, 0.1) is 10.0 Å². The van der Waals surface area contributed by atoms with Gasteiger partial charge in [0.25, 0.3) is 0 Å². The minimum Gasteiger partial charge on any atom is -0.439 e. The summed E-state index contributed by atoms with van der Waals surface area (Å²) in [7, 11) is 0. The highest BCUT2D eigenvalue weighted by atomic mass is 35.5. The van der Waals surface area contributed by atoms with Crippen LogP contribution in [0.1, 0.15) is 11.1 Å². The fourth-order valence-electron chi connectivity index (χ4n) is 1.55. The first kappa shape index (κ1) is 13.1. The summed E-state index contributed by atoms with van der Waals surface area (Å²) in [6.45, 7) is 2.34. The molecule has 3 nitrogen and oxygen atoms in total. The summed E-state index contributed by atoms with van der Waals surface area (Å²) in [5.74, 6) is 1.08. The van der Waals surface area contributed by atoms with Gasteiger partial charge in [-0.2, -0.15) is 0 Å². The van der Waals surface area contributed by atoms with E-state index in [0.717, 1.165) is 11.1 Å². The van der Waals surface area contributed by atoms with Crippen LogP contribution >= 0.6 is 23.2 Å². The Morgan fingerprint density at radius 1 is 1.22 bits per heavy atom. The monoisotopic (exact) mass is 282 g/mol. The lowest BCUT2D eigenvalue weighted by Crippen LogP contribution is -2.03. The highest BCUT2D eigenvalue weighted by molar-refractivity contribution is 6.42. The van der Waals surface area contributed by atoms with E-state index in [0.29, 0.717) is 28.2 Å². The van der Waals surface area contributed by atoms with Gasteiger partial charge in [0.15, 0.2) is 0 Å². The zero-order valence-corrected chi connectivity index (χ0v) is 11.3. The summed E-state index contributed by atoms with van der Waals surface area (Å²) in [5, 5.41) is 0.927. The normalized spacial score (nSPS) is 10.4. The average molecular weight is 283 g/mol. The lowest BCUT2D eigenvalue weighted by Gasteiger charge is -2.11. The highest BCUT2D eigenvalue weighted by Gasteiger charge is 2.09. The third kappa shape index (κ3) is 2.75. The number of nitrogens with two attached hydrogens (primary N) is 1. The van der Waals surface area contributed by atoms with E-state index in [1.165, 1.54) is 0 Å². The van der Waals surface area contributed by atoms with Crippen LogP contribution < -0.4 is 10.5 Å². The Kier molecular flexibility index (Phi) is 4.07. The van der Waals surface area contributed by atoms with Crippen molar-refractivity contribution in [3.05, 3.63) is 51.6 Å². The van der Waals surface area contributed by atoms with E-state index in [9.17, 15) is 0 Å². The second-order valence-corrected chi connectivity index (χ2v) is 4.61. The van der Waals surface area contributed by atoms with Crippen molar-refractivity contribution in [1.82, 2.24) is 4.98 Å². The van der Waals surface area contributed by atoms with Crippen molar-refractivity contribution >= 4 is 23.2 Å². The van der Waals surface area contributed by atoms with Gasteiger partial charge in [-0.3, -0.25) is 0 Å². The molecule has 0 aliphatic rings. The minimum atomic E-state index is 0.371. The third-order valence-electron chi connectivity index (χ3n) is 2.56. The maximum Gasteiger partial charge on any atom is 0.223 e. The van der Waals surface area contributed by atoms with E-state index >= 15 is 0 Å². The molecule has 94 valence electrons. The van der Waals surface area contributed by atoms with Crippen LogP contribution in [-0.4, -0.2) is 4.98 Å². The van der Waals surface area contributed by atoms with Crippen molar-refractivity contribution in [2.75, 3.05) is 0 Å². The number of pyridine rings is 1. The fourth-order valence-corrected chi connectivity index (χ4v) is 1.84. The van der Waals surface area contributed by atoms with E-state index in [4.69, 9.17) is 33.7 Å². The Bertz CT molecular complexity index is 573. The topological polar surface area (TPSA) is 48.1 Å². The standard InChI is InChI=1S/C13H12Cl2N2O/c1-8-4-5-17-13(10(8)7-16)18-9-2-3-11(14)12(15)6-9/h2-6H,7,16H2,1H3. The summed E-state index contributed by atoms with van der Waals surface area (Å²) >= 11 is 11.8. The van der Waals surface area contributed by atoms with E-state index in [2.05, 4.69) is 4.98 Å². The van der Waals surface area contributed by atoms with Gasteiger partial charge in [-0.15, -0.1) is 0 Å². The molecule has 0 atom stereocenters. The zero-order chi connectivity index (χ0) is 13.1. The molecule has 1 aromatic heterocycles. The number of ether oxygens (including phenoxy) is 1. The Morgan fingerprint density at radius 2 is 2.00 bits per heavy atom. The molecule has 0 bridgehead atoms. The molecular formula is C13H12Cl2N2O. The lowest BCUT2D eigenvalue weighted by molar-refractivity contribution is 0.455. The average Bonchev–Trinajstić information content (AvgIpc) is 2.34. The largest absolute Gasteiger partial charge is 0.439 e. The molecule has 2 aromatic rings. The van der Waals surface area contributed by atoms with Crippen molar-refractivity contribution in [3.63, 3.8) is 0 Å². The second-order valence-electron chi connectivity index (χ2n) is 3.79. The summed E-state index contributed by atoms with van der Waals surface area (Å²) in [6, 6.07) is 6.95. The number of rotatable bonds is 3. The summed E-state index contributed by atoms with van der Waals surface area (Å²) in [6.07, 6.45) is 1.68. The molecule has 0 spiro atoms. The lowest BCUT2D eigenvalue weighted by atomic mass is 10.1. The molecule has 1 heterocycles. The smallest absolute Gasteiger partial charge is 0.223 e. The maximum absolute atomic E-state index is 5.93. The molecule has 18 heavy (non-hydrogen) atoms. The van der Waals surface area contributed by atoms with Crippen molar-refractivity contribution in [3.8, 4) is 11.6 Å². The van der Waals surface area contributed by atoms with Crippen molar-refractivity contribution in [2.24, 2.45) is 5.73 Å². The Hall–Kier alpha value is -1.29. The number of nitrogens with zero attached hydrogens (tertiary/aromatic N) is 1. The number of benzene rings is 1. The minimum absolute atomic E-state index is 0.371. The quantitative estimate of drug-likeness (QED) is 0.927. The number of hydrogen-bond donors (Lipinski definition) is 1. The molecule has 2 N–H and O–H groups in total. The molecule has 0 saturated carbocycles. The van der Waals surface area contributed by atoms with Gasteiger partial charge < -0.3 is 10.5 Å². The first-order valence-electron chi connectivity index (χ1n) is 5.39. The predicted molar refractivity (Wildman–Crippen MR) is 73.4 cm³/mol.